The van der Waals surface area contributed by atoms with Gasteiger partial charge in [-0.15, -0.1) is 0 Å². The number of anilines is 1. The van der Waals surface area contributed by atoms with E-state index >= 15 is 0 Å². The van der Waals surface area contributed by atoms with Gasteiger partial charge in [0.2, 0.25) is 10.0 Å². The maximum absolute atomic E-state index is 11.5. The molecule has 0 radical (unpaired) electrons. The lowest BCUT2D eigenvalue weighted by Crippen LogP contribution is -2.15. The molecule has 0 aliphatic heterocycles. The Morgan fingerprint density at radius 3 is 2.58 bits per heavy atom. The summed E-state index contributed by atoms with van der Waals surface area (Å²) in [5.41, 5.74) is 3.48. The molecule has 26 heavy (non-hydrogen) atoms. The summed E-state index contributed by atoms with van der Waals surface area (Å²) in [4.78, 5) is 0. The van der Waals surface area contributed by atoms with Gasteiger partial charge < -0.3 is 9.67 Å². The van der Waals surface area contributed by atoms with Crippen LogP contribution in [-0.2, 0) is 10.0 Å². The van der Waals surface area contributed by atoms with Crippen LogP contribution in [0.5, 0.6) is 5.88 Å². The summed E-state index contributed by atoms with van der Waals surface area (Å²) in [7, 11) is -3.31. The maximum Gasteiger partial charge on any atom is 0.229 e. The molecule has 0 atom stereocenters. The van der Waals surface area contributed by atoms with E-state index in [9.17, 15) is 13.5 Å². The first-order chi connectivity index (χ1) is 12.3. The third kappa shape index (κ3) is 3.05. The monoisotopic (exact) mass is 370 g/mol. The van der Waals surface area contributed by atoms with E-state index in [2.05, 4.69) is 10.8 Å². The lowest BCUT2D eigenvalue weighted by molar-refractivity contribution is 0.282. The molecule has 6 heteroatoms. The lowest BCUT2D eigenvalue weighted by atomic mass is 9.93. The zero-order valence-corrected chi connectivity index (χ0v) is 15.7. The van der Waals surface area contributed by atoms with Gasteiger partial charge >= 0.3 is 0 Å². The zero-order valence-electron chi connectivity index (χ0n) is 14.9. The standard InChI is InChI=1S/C20H22N2O3S/c1-13-9-15(14-5-3-6-17(11-14)21-26(2,24)25)10-16-12-22(18-7-4-8-18)20(23)19(13)16/h3,5-6,9-12,18,21,23H,4,7-8H2,1-2H3. The minimum absolute atomic E-state index is 0.348. The molecule has 0 bridgehead atoms. The second-order valence-electron chi connectivity index (χ2n) is 7.16. The fourth-order valence-corrected chi connectivity index (χ4v) is 4.20. The Bertz CT molecular complexity index is 1100. The van der Waals surface area contributed by atoms with E-state index in [1.807, 2.05) is 42.0 Å². The van der Waals surface area contributed by atoms with Crippen LogP contribution in [-0.4, -0.2) is 24.3 Å². The van der Waals surface area contributed by atoms with Crippen LogP contribution in [0.2, 0.25) is 0 Å². The van der Waals surface area contributed by atoms with Crippen LogP contribution < -0.4 is 4.72 Å². The van der Waals surface area contributed by atoms with Gasteiger partial charge in [-0.25, -0.2) is 8.42 Å². The van der Waals surface area contributed by atoms with E-state index in [-0.39, 0.29) is 0 Å². The van der Waals surface area contributed by atoms with Crippen LogP contribution in [0.25, 0.3) is 21.9 Å². The molecule has 1 aliphatic carbocycles. The molecule has 0 spiro atoms. The molecular formula is C20H22N2O3S. The topological polar surface area (TPSA) is 71.3 Å². The highest BCUT2D eigenvalue weighted by Crippen LogP contribution is 2.41. The first-order valence-electron chi connectivity index (χ1n) is 8.74. The van der Waals surface area contributed by atoms with E-state index in [1.165, 1.54) is 6.42 Å². The molecule has 0 unspecified atom stereocenters. The molecule has 2 N–H and O–H groups in total. The van der Waals surface area contributed by atoms with Crippen LogP contribution >= 0.6 is 0 Å². The molecule has 136 valence electrons. The molecule has 1 fully saturated rings. The average Bonchev–Trinajstić information content (AvgIpc) is 2.81. The van der Waals surface area contributed by atoms with Gasteiger partial charge in [0.25, 0.3) is 0 Å². The molecule has 3 aromatic rings. The summed E-state index contributed by atoms with van der Waals surface area (Å²) in [6.45, 7) is 2.00. The van der Waals surface area contributed by atoms with Crippen molar-refractivity contribution in [3.05, 3.63) is 48.2 Å². The molecule has 0 saturated heterocycles. The van der Waals surface area contributed by atoms with Gasteiger partial charge in [0.15, 0.2) is 5.88 Å². The van der Waals surface area contributed by atoms with Gasteiger partial charge in [-0.05, 0) is 61.1 Å². The van der Waals surface area contributed by atoms with Gasteiger partial charge in [0, 0.05) is 28.7 Å². The average molecular weight is 370 g/mol. The fourth-order valence-electron chi connectivity index (χ4n) is 3.65. The summed E-state index contributed by atoms with van der Waals surface area (Å²) >= 11 is 0. The predicted octanol–water partition coefficient (Wildman–Crippen LogP) is 4.42. The van der Waals surface area contributed by atoms with Crippen LogP contribution in [0, 0.1) is 6.92 Å². The Balaban J connectivity index is 1.79. The van der Waals surface area contributed by atoms with Crippen molar-refractivity contribution in [2.24, 2.45) is 0 Å². The van der Waals surface area contributed by atoms with E-state index < -0.39 is 10.0 Å². The molecule has 2 aromatic carbocycles. The molecule has 1 heterocycles. The quantitative estimate of drug-likeness (QED) is 0.714. The maximum atomic E-state index is 11.5. The van der Waals surface area contributed by atoms with Gasteiger partial charge in [-0.3, -0.25) is 4.72 Å². The van der Waals surface area contributed by atoms with Crippen molar-refractivity contribution in [3.8, 4) is 17.0 Å². The molecule has 1 aliphatic rings. The van der Waals surface area contributed by atoms with E-state index in [0.29, 0.717) is 17.6 Å². The van der Waals surface area contributed by atoms with Crippen LogP contribution in [0.1, 0.15) is 30.9 Å². The number of fused-ring (bicyclic) bond motifs is 1. The Kier molecular flexibility index (Phi) is 3.95. The highest BCUT2D eigenvalue weighted by atomic mass is 32.2. The van der Waals surface area contributed by atoms with Gasteiger partial charge in [0.1, 0.15) is 0 Å². The first kappa shape index (κ1) is 17.0. The molecule has 1 saturated carbocycles. The number of nitrogens with one attached hydrogen (secondary N) is 1. The number of benzene rings is 2. The third-order valence-corrected chi connectivity index (χ3v) is 5.69. The number of aryl methyl sites for hydroxylation is 1. The van der Waals surface area contributed by atoms with Crippen LogP contribution in [0.15, 0.2) is 42.6 Å². The van der Waals surface area contributed by atoms with Gasteiger partial charge in [-0.2, -0.15) is 0 Å². The number of hydrogen-bond donors (Lipinski definition) is 2. The summed E-state index contributed by atoms with van der Waals surface area (Å²) in [6.07, 6.45) is 6.60. The van der Waals surface area contributed by atoms with Crippen molar-refractivity contribution in [2.45, 2.75) is 32.2 Å². The van der Waals surface area contributed by atoms with Gasteiger partial charge in [0.05, 0.1) is 6.26 Å². The molecule has 0 amide bonds. The molecular weight excluding hydrogens is 348 g/mol. The van der Waals surface area contributed by atoms with Crippen molar-refractivity contribution in [2.75, 3.05) is 11.0 Å². The highest BCUT2D eigenvalue weighted by Gasteiger charge is 2.23. The minimum atomic E-state index is -3.31. The summed E-state index contributed by atoms with van der Waals surface area (Å²) in [5, 5.41) is 12.5. The van der Waals surface area contributed by atoms with Crippen LogP contribution in [0.3, 0.4) is 0 Å². The Labute approximate surface area is 153 Å². The van der Waals surface area contributed by atoms with E-state index in [1.54, 1.807) is 6.07 Å². The second-order valence-corrected chi connectivity index (χ2v) is 8.91. The number of hydrogen-bond acceptors (Lipinski definition) is 3. The van der Waals surface area contributed by atoms with Crippen molar-refractivity contribution >= 4 is 26.5 Å². The number of aromatic hydroxyl groups is 1. The van der Waals surface area contributed by atoms with Crippen molar-refractivity contribution in [3.63, 3.8) is 0 Å². The molecule has 4 rings (SSSR count). The Hall–Kier alpha value is -2.47. The minimum Gasteiger partial charge on any atom is -0.494 e. The van der Waals surface area contributed by atoms with Gasteiger partial charge in [-0.1, -0.05) is 18.2 Å². The van der Waals surface area contributed by atoms with Crippen molar-refractivity contribution < 1.29 is 13.5 Å². The SMILES string of the molecule is Cc1cc(-c2cccc(NS(C)(=O)=O)c2)cc2cn(C3CCC3)c(O)c12. The number of rotatable bonds is 4. The summed E-state index contributed by atoms with van der Waals surface area (Å²) in [5.74, 6) is 0.348. The summed E-state index contributed by atoms with van der Waals surface area (Å²) in [6, 6.07) is 11.8. The zero-order chi connectivity index (χ0) is 18.5. The van der Waals surface area contributed by atoms with Crippen LogP contribution in [0.4, 0.5) is 5.69 Å². The number of nitrogens with zero attached hydrogens (tertiary/aromatic N) is 1. The van der Waals surface area contributed by atoms with Crippen molar-refractivity contribution in [1.82, 2.24) is 4.57 Å². The lowest BCUT2D eigenvalue weighted by Gasteiger charge is -2.27. The first-order valence-corrected chi connectivity index (χ1v) is 10.6. The summed E-state index contributed by atoms with van der Waals surface area (Å²) < 4.78 is 27.5. The smallest absolute Gasteiger partial charge is 0.229 e. The fraction of sp³-hybridized carbons (Fsp3) is 0.300. The molecule has 5 nitrogen and oxygen atoms in total. The number of aromatic nitrogens is 1. The predicted molar refractivity (Wildman–Crippen MR) is 105 cm³/mol. The number of sulfonamides is 1. The largest absolute Gasteiger partial charge is 0.494 e. The van der Waals surface area contributed by atoms with E-state index in [4.69, 9.17) is 0 Å². The Morgan fingerprint density at radius 2 is 1.92 bits per heavy atom. The third-order valence-electron chi connectivity index (χ3n) is 5.08. The normalized spacial score (nSPS) is 15.2. The second kappa shape index (κ2) is 6.06. The van der Waals surface area contributed by atoms with E-state index in [0.717, 1.165) is 46.6 Å². The highest BCUT2D eigenvalue weighted by molar-refractivity contribution is 7.92. The van der Waals surface area contributed by atoms with Crippen molar-refractivity contribution in [1.29, 1.82) is 0 Å². The molecule has 1 aromatic heterocycles. The Morgan fingerprint density at radius 1 is 1.15 bits per heavy atom.